The SMILES string of the molecule is CCOc1cc(/C=c2\sc3nc4cc(C)c(C)cc4n3c2=O)cc(Br)c1OCC(=O)Nc1ccccc1. The number of nitrogens with one attached hydrogen (secondary N) is 1. The number of hydrogen-bond acceptors (Lipinski definition) is 6. The molecule has 5 rings (SSSR count). The van der Waals surface area contributed by atoms with Crippen molar-refractivity contribution in [1.29, 1.82) is 0 Å². The highest BCUT2D eigenvalue weighted by molar-refractivity contribution is 9.10. The van der Waals surface area contributed by atoms with Crippen molar-refractivity contribution in [2.75, 3.05) is 18.5 Å². The Labute approximate surface area is 225 Å². The van der Waals surface area contributed by atoms with Crippen LogP contribution >= 0.6 is 27.3 Å². The fourth-order valence-corrected chi connectivity index (χ4v) is 5.56. The zero-order valence-electron chi connectivity index (χ0n) is 20.5. The average molecular weight is 578 g/mol. The van der Waals surface area contributed by atoms with Gasteiger partial charge in [0.25, 0.3) is 11.5 Å². The molecule has 2 heterocycles. The van der Waals surface area contributed by atoms with Crippen LogP contribution in [0.5, 0.6) is 11.5 Å². The number of nitrogens with zero attached hydrogens (tertiary/aromatic N) is 2. The van der Waals surface area contributed by atoms with Gasteiger partial charge in [-0.1, -0.05) is 29.5 Å². The van der Waals surface area contributed by atoms with Gasteiger partial charge in [0.15, 0.2) is 23.1 Å². The number of hydrogen-bond donors (Lipinski definition) is 1. The highest BCUT2D eigenvalue weighted by Crippen LogP contribution is 2.37. The first-order chi connectivity index (χ1) is 17.8. The van der Waals surface area contributed by atoms with Gasteiger partial charge in [-0.05, 0) is 95.9 Å². The summed E-state index contributed by atoms with van der Waals surface area (Å²) in [7, 11) is 0. The Morgan fingerprint density at radius 2 is 1.86 bits per heavy atom. The molecule has 0 atom stereocenters. The van der Waals surface area contributed by atoms with Crippen molar-refractivity contribution in [1.82, 2.24) is 9.38 Å². The lowest BCUT2D eigenvalue weighted by Crippen LogP contribution is -2.22. The van der Waals surface area contributed by atoms with Gasteiger partial charge in [0.2, 0.25) is 0 Å². The molecule has 7 nitrogen and oxygen atoms in total. The molecule has 0 aliphatic carbocycles. The second-order valence-corrected chi connectivity index (χ2v) is 10.4. The quantitative estimate of drug-likeness (QED) is 0.285. The van der Waals surface area contributed by atoms with Gasteiger partial charge in [0.1, 0.15) is 0 Å². The van der Waals surface area contributed by atoms with Gasteiger partial charge in [0, 0.05) is 5.69 Å². The number of anilines is 1. The average Bonchev–Trinajstić information content (AvgIpc) is 3.35. The molecule has 3 aromatic carbocycles. The Bertz CT molecular complexity index is 1740. The summed E-state index contributed by atoms with van der Waals surface area (Å²) < 4.78 is 14.5. The number of rotatable bonds is 7. The van der Waals surface area contributed by atoms with Crippen LogP contribution in [-0.2, 0) is 4.79 Å². The number of halogens is 1. The molecule has 0 unspecified atom stereocenters. The Hall–Kier alpha value is -3.69. The molecule has 37 heavy (non-hydrogen) atoms. The Kier molecular flexibility index (Phi) is 6.99. The van der Waals surface area contributed by atoms with E-state index in [2.05, 4.69) is 26.2 Å². The first kappa shape index (κ1) is 25.0. The van der Waals surface area contributed by atoms with Crippen LogP contribution in [0.4, 0.5) is 5.69 Å². The molecule has 0 radical (unpaired) electrons. The van der Waals surface area contributed by atoms with Crippen LogP contribution < -0.4 is 24.9 Å². The monoisotopic (exact) mass is 577 g/mol. The van der Waals surface area contributed by atoms with Crippen molar-refractivity contribution < 1.29 is 14.3 Å². The Balaban J connectivity index is 1.46. The summed E-state index contributed by atoms with van der Waals surface area (Å²) in [6.45, 7) is 6.16. The topological polar surface area (TPSA) is 81.9 Å². The van der Waals surface area contributed by atoms with Crippen molar-refractivity contribution >= 4 is 60.9 Å². The van der Waals surface area contributed by atoms with Gasteiger partial charge < -0.3 is 14.8 Å². The molecule has 9 heteroatoms. The lowest BCUT2D eigenvalue weighted by Gasteiger charge is -2.14. The van der Waals surface area contributed by atoms with Crippen LogP contribution in [-0.4, -0.2) is 28.5 Å². The number of ether oxygens (including phenoxy) is 2. The van der Waals surface area contributed by atoms with E-state index in [1.165, 1.54) is 11.3 Å². The second-order valence-electron chi connectivity index (χ2n) is 8.54. The first-order valence-corrected chi connectivity index (χ1v) is 13.3. The number of carbonyl (C=O) groups is 1. The van der Waals surface area contributed by atoms with E-state index in [9.17, 15) is 9.59 Å². The molecule has 2 aromatic heterocycles. The van der Waals surface area contributed by atoms with Crippen LogP contribution in [0.2, 0.25) is 0 Å². The number of thiazole rings is 1. The zero-order valence-corrected chi connectivity index (χ0v) is 22.9. The molecule has 0 spiro atoms. The van der Waals surface area contributed by atoms with Crippen molar-refractivity contribution in [2.45, 2.75) is 20.8 Å². The van der Waals surface area contributed by atoms with E-state index < -0.39 is 0 Å². The highest BCUT2D eigenvalue weighted by atomic mass is 79.9. The fraction of sp³-hybridized carbons (Fsp3) is 0.179. The first-order valence-electron chi connectivity index (χ1n) is 11.7. The van der Waals surface area contributed by atoms with Gasteiger partial charge in [-0.15, -0.1) is 0 Å². The number of aromatic nitrogens is 2. The molecule has 0 fully saturated rings. The molecule has 0 aliphatic heterocycles. The summed E-state index contributed by atoms with van der Waals surface area (Å²) >= 11 is 4.89. The van der Waals surface area contributed by atoms with Gasteiger partial charge in [-0.2, -0.15) is 0 Å². The summed E-state index contributed by atoms with van der Waals surface area (Å²) in [5.74, 6) is 0.607. The minimum Gasteiger partial charge on any atom is -0.490 e. The normalized spacial score (nSPS) is 11.8. The minimum absolute atomic E-state index is 0.113. The van der Waals surface area contributed by atoms with Crippen molar-refractivity contribution in [3.05, 3.63) is 90.6 Å². The molecule has 0 saturated heterocycles. The molecular weight excluding hydrogens is 554 g/mol. The van der Waals surface area contributed by atoms with Gasteiger partial charge in [-0.3, -0.25) is 9.59 Å². The largest absolute Gasteiger partial charge is 0.490 e. The van der Waals surface area contributed by atoms with Crippen LogP contribution in [0, 0.1) is 13.8 Å². The van der Waals surface area contributed by atoms with Crippen LogP contribution in [0.15, 0.2) is 63.9 Å². The number of amides is 1. The summed E-state index contributed by atoms with van der Waals surface area (Å²) in [6.07, 6.45) is 1.81. The predicted molar refractivity (Wildman–Crippen MR) is 151 cm³/mol. The molecular formula is C28H24BrN3O4S. The lowest BCUT2D eigenvalue weighted by molar-refractivity contribution is -0.118. The third-order valence-corrected chi connectivity index (χ3v) is 7.45. The Morgan fingerprint density at radius 3 is 2.62 bits per heavy atom. The maximum Gasteiger partial charge on any atom is 0.274 e. The van der Waals surface area contributed by atoms with E-state index in [4.69, 9.17) is 9.47 Å². The minimum atomic E-state index is -0.285. The van der Waals surface area contributed by atoms with E-state index in [-0.39, 0.29) is 18.1 Å². The Morgan fingerprint density at radius 1 is 1.11 bits per heavy atom. The number of imidazole rings is 1. The maximum atomic E-state index is 13.3. The smallest absolute Gasteiger partial charge is 0.274 e. The number of para-hydroxylation sites is 1. The summed E-state index contributed by atoms with van der Waals surface area (Å²) in [5, 5.41) is 2.79. The lowest BCUT2D eigenvalue weighted by atomic mass is 10.1. The van der Waals surface area contributed by atoms with E-state index in [1.807, 2.05) is 63.2 Å². The number of benzene rings is 3. The molecule has 0 bridgehead atoms. The number of fused-ring (bicyclic) bond motifs is 3. The third-order valence-electron chi connectivity index (χ3n) is 5.89. The summed E-state index contributed by atoms with van der Waals surface area (Å²) in [6, 6.07) is 16.8. The van der Waals surface area contributed by atoms with E-state index in [0.717, 1.165) is 27.7 Å². The van der Waals surface area contributed by atoms with Gasteiger partial charge in [0.05, 0.1) is 26.6 Å². The number of carbonyl (C=O) groups excluding carboxylic acids is 1. The van der Waals surface area contributed by atoms with Gasteiger partial charge >= 0.3 is 0 Å². The van der Waals surface area contributed by atoms with Crippen molar-refractivity contribution in [3.8, 4) is 11.5 Å². The van der Waals surface area contributed by atoms with Crippen molar-refractivity contribution in [2.24, 2.45) is 0 Å². The molecule has 1 amide bonds. The zero-order chi connectivity index (χ0) is 26.1. The van der Waals surface area contributed by atoms with E-state index in [1.54, 1.807) is 22.6 Å². The third kappa shape index (κ3) is 5.10. The standard InChI is InChI=1S/C28H24BrN3O4S/c1-4-35-23-13-18(12-20(29)26(23)36-15-25(33)30-19-8-6-5-7-9-19)14-24-27(34)32-22-11-17(3)16(2)10-21(22)31-28(32)37-24/h5-14H,4,15H2,1-3H3,(H,30,33)/b24-14-. The van der Waals surface area contributed by atoms with Crippen molar-refractivity contribution in [3.63, 3.8) is 0 Å². The molecule has 188 valence electrons. The summed E-state index contributed by atoms with van der Waals surface area (Å²) in [4.78, 5) is 31.0. The van der Waals surface area contributed by atoms with Crippen LogP contribution in [0.3, 0.4) is 0 Å². The fourth-order valence-electron chi connectivity index (χ4n) is 4.00. The van der Waals surface area contributed by atoms with E-state index in [0.29, 0.717) is 37.8 Å². The predicted octanol–water partition coefficient (Wildman–Crippen LogP) is 5.25. The molecule has 1 N–H and O–H groups in total. The van der Waals surface area contributed by atoms with Gasteiger partial charge in [-0.25, -0.2) is 9.38 Å². The van der Waals surface area contributed by atoms with E-state index >= 15 is 0 Å². The van der Waals surface area contributed by atoms with Crippen LogP contribution in [0.25, 0.3) is 22.1 Å². The number of aryl methyl sites for hydroxylation is 2. The maximum absolute atomic E-state index is 13.3. The second kappa shape index (κ2) is 10.4. The molecule has 5 aromatic rings. The van der Waals surface area contributed by atoms with Crippen LogP contribution in [0.1, 0.15) is 23.6 Å². The highest BCUT2D eigenvalue weighted by Gasteiger charge is 2.16. The molecule has 0 saturated carbocycles. The molecule has 0 aliphatic rings. The summed E-state index contributed by atoms with van der Waals surface area (Å²) in [5.41, 5.74) is 5.23.